The minimum absolute atomic E-state index is 1.14. The monoisotopic (exact) mass is 508 g/mol. The van der Waals surface area contributed by atoms with E-state index in [1.807, 2.05) is 0 Å². The maximum atomic E-state index is 2.36. The molecule has 0 unspecified atom stereocenters. The first-order chi connectivity index (χ1) is 19.8. The molecule has 0 amide bonds. The smallest absolute Gasteiger partial charge is 0.00206 e. The second kappa shape index (κ2) is 9.36. The number of benzene rings is 7. The third kappa shape index (κ3) is 3.84. The molecule has 188 valence electrons. The van der Waals surface area contributed by atoms with Gasteiger partial charge in [-0.1, -0.05) is 127 Å². The van der Waals surface area contributed by atoms with Crippen molar-refractivity contribution in [3.63, 3.8) is 0 Å². The van der Waals surface area contributed by atoms with Crippen molar-refractivity contribution in [2.45, 2.75) is 12.8 Å². The summed E-state index contributed by atoms with van der Waals surface area (Å²) < 4.78 is 0. The minimum atomic E-state index is 1.14. The zero-order valence-electron chi connectivity index (χ0n) is 22.3. The van der Waals surface area contributed by atoms with Crippen LogP contribution in [-0.2, 0) is 6.42 Å². The van der Waals surface area contributed by atoms with Gasteiger partial charge >= 0.3 is 0 Å². The van der Waals surface area contributed by atoms with E-state index < -0.39 is 0 Å². The van der Waals surface area contributed by atoms with Crippen molar-refractivity contribution in [2.24, 2.45) is 0 Å². The van der Waals surface area contributed by atoms with E-state index in [2.05, 4.69) is 146 Å². The van der Waals surface area contributed by atoms with Crippen LogP contribution in [0.1, 0.15) is 17.5 Å². The predicted molar refractivity (Wildman–Crippen MR) is 173 cm³/mol. The molecule has 0 saturated heterocycles. The third-order valence-corrected chi connectivity index (χ3v) is 8.50. The Bertz CT molecular complexity index is 2090. The summed E-state index contributed by atoms with van der Waals surface area (Å²) in [5, 5.41) is 7.71. The van der Waals surface area contributed by atoms with Crippen molar-refractivity contribution in [3.05, 3.63) is 151 Å². The Morgan fingerprint density at radius 2 is 1.15 bits per heavy atom. The molecule has 0 heteroatoms. The van der Waals surface area contributed by atoms with Crippen LogP contribution in [-0.4, -0.2) is 0 Å². The SMILES string of the molecule is C1=Cc2cc(-c3ccc(-c4cc5ccccc5c5c(-c6ccc7ccccc7c6)cccc45)cc3)ccc2CC1. The first kappa shape index (κ1) is 23.0. The maximum absolute atomic E-state index is 2.36. The van der Waals surface area contributed by atoms with Gasteiger partial charge in [0.15, 0.2) is 0 Å². The van der Waals surface area contributed by atoms with E-state index in [4.69, 9.17) is 0 Å². The van der Waals surface area contributed by atoms with Crippen LogP contribution < -0.4 is 0 Å². The van der Waals surface area contributed by atoms with Crippen LogP contribution in [0.3, 0.4) is 0 Å². The van der Waals surface area contributed by atoms with Crippen LogP contribution in [0.4, 0.5) is 0 Å². The van der Waals surface area contributed by atoms with Crippen molar-refractivity contribution in [1.29, 1.82) is 0 Å². The van der Waals surface area contributed by atoms with E-state index in [1.54, 1.807) is 0 Å². The fourth-order valence-electron chi connectivity index (χ4n) is 6.44. The first-order valence-corrected chi connectivity index (χ1v) is 14.2. The molecule has 7 aromatic carbocycles. The Kier molecular flexibility index (Phi) is 5.38. The lowest BCUT2D eigenvalue weighted by atomic mass is 9.88. The zero-order valence-corrected chi connectivity index (χ0v) is 22.3. The van der Waals surface area contributed by atoms with Gasteiger partial charge in [0.1, 0.15) is 0 Å². The van der Waals surface area contributed by atoms with Crippen LogP contribution in [0, 0.1) is 0 Å². The molecule has 0 spiro atoms. The Labute approximate surface area is 234 Å². The lowest BCUT2D eigenvalue weighted by Crippen LogP contribution is -1.94. The second-order valence-corrected chi connectivity index (χ2v) is 10.9. The first-order valence-electron chi connectivity index (χ1n) is 14.2. The number of aryl methyl sites for hydroxylation is 1. The van der Waals surface area contributed by atoms with Crippen molar-refractivity contribution < 1.29 is 0 Å². The van der Waals surface area contributed by atoms with Gasteiger partial charge in [0.05, 0.1) is 0 Å². The average molecular weight is 509 g/mol. The second-order valence-electron chi connectivity index (χ2n) is 10.9. The van der Waals surface area contributed by atoms with Crippen LogP contribution in [0.2, 0.25) is 0 Å². The van der Waals surface area contributed by atoms with Gasteiger partial charge in [0.2, 0.25) is 0 Å². The predicted octanol–water partition coefficient (Wildman–Crippen LogP) is 11.1. The third-order valence-electron chi connectivity index (χ3n) is 8.50. The molecule has 1 aliphatic carbocycles. The van der Waals surface area contributed by atoms with Gasteiger partial charge in [-0.25, -0.2) is 0 Å². The molecule has 0 atom stereocenters. The molecule has 1 aliphatic rings. The summed E-state index contributed by atoms with van der Waals surface area (Å²) in [7, 11) is 0. The quantitative estimate of drug-likeness (QED) is 0.208. The number of hydrogen-bond acceptors (Lipinski definition) is 0. The molecule has 40 heavy (non-hydrogen) atoms. The molecule has 0 fully saturated rings. The van der Waals surface area contributed by atoms with Gasteiger partial charge < -0.3 is 0 Å². The highest BCUT2D eigenvalue weighted by atomic mass is 14.2. The summed E-state index contributed by atoms with van der Waals surface area (Å²) >= 11 is 0. The van der Waals surface area contributed by atoms with E-state index in [1.165, 1.54) is 76.8 Å². The van der Waals surface area contributed by atoms with Crippen molar-refractivity contribution in [2.75, 3.05) is 0 Å². The van der Waals surface area contributed by atoms with Gasteiger partial charge in [-0.15, -0.1) is 0 Å². The highest BCUT2D eigenvalue weighted by Crippen LogP contribution is 2.41. The summed E-state index contributed by atoms with van der Waals surface area (Å²) in [6.45, 7) is 0. The molecule has 0 bridgehead atoms. The highest BCUT2D eigenvalue weighted by Gasteiger charge is 2.14. The number of hydrogen-bond donors (Lipinski definition) is 0. The van der Waals surface area contributed by atoms with Gasteiger partial charge in [-0.05, 0) is 108 Å². The topological polar surface area (TPSA) is 0 Å². The van der Waals surface area contributed by atoms with Crippen molar-refractivity contribution in [3.8, 4) is 33.4 Å². The number of rotatable bonds is 3. The Morgan fingerprint density at radius 3 is 2.05 bits per heavy atom. The number of allylic oxidation sites excluding steroid dienone is 1. The lowest BCUT2D eigenvalue weighted by molar-refractivity contribution is 0.986. The summed E-state index contributed by atoms with van der Waals surface area (Å²) in [4.78, 5) is 0. The van der Waals surface area contributed by atoms with E-state index in [0.29, 0.717) is 0 Å². The summed E-state index contributed by atoms with van der Waals surface area (Å²) in [5.74, 6) is 0. The molecule has 0 aromatic heterocycles. The number of fused-ring (bicyclic) bond motifs is 5. The normalized spacial score (nSPS) is 12.7. The van der Waals surface area contributed by atoms with E-state index in [0.717, 1.165) is 12.8 Å². The van der Waals surface area contributed by atoms with Crippen LogP contribution in [0.5, 0.6) is 0 Å². The largest absolute Gasteiger partial charge is 0.0836 e. The van der Waals surface area contributed by atoms with Gasteiger partial charge in [-0.3, -0.25) is 0 Å². The van der Waals surface area contributed by atoms with Gasteiger partial charge in [0, 0.05) is 0 Å². The molecular formula is C40H28. The zero-order chi connectivity index (χ0) is 26.5. The Morgan fingerprint density at radius 1 is 0.425 bits per heavy atom. The van der Waals surface area contributed by atoms with E-state index in [-0.39, 0.29) is 0 Å². The highest BCUT2D eigenvalue weighted by molar-refractivity contribution is 6.19. The van der Waals surface area contributed by atoms with Crippen molar-refractivity contribution >= 4 is 38.4 Å². The van der Waals surface area contributed by atoms with Crippen molar-refractivity contribution in [1.82, 2.24) is 0 Å². The van der Waals surface area contributed by atoms with E-state index in [9.17, 15) is 0 Å². The van der Waals surface area contributed by atoms with Gasteiger partial charge in [0.25, 0.3) is 0 Å². The fourth-order valence-corrected chi connectivity index (χ4v) is 6.44. The molecule has 0 N–H and O–H groups in total. The fraction of sp³-hybridized carbons (Fsp3) is 0.0500. The maximum Gasteiger partial charge on any atom is -0.00206 e. The summed E-state index contributed by atoms with van der Waals surface area (Å²) in [6.07, 6.45) is 6.84. The summed E-state index contributed by atoms with van der Waals surface area (Å²) in [6, 6.07) is 49.4. The van der Waals surface area contributed by atoms with Gasteiger partial charge in [-0.2, -0.15) is 0 Å². The molecule has 0 nitrogen and oxygen atoms in total. The molecule has 7 aromatic rings. The lowest BCUT2D eigenvalue weighted by Gasteiger charge is -2.16. The minimum Gasteiger partial charge on any atom is -0.0836 e. The summed E-state index contributed by atoms with van der Waals surface area (Å²) in [5.41, 5.74) is 10.4. The van der Waals surface area contributed by atoms with Crippen LogP contribution in [0.25, 0.3) is 71.8 Å². The van der Waals surface area contributed by atoms with E-state index >= 15 is 0 Å². The molecule has 0 aliphatic heterocycles. The molecule has 0 saturated carbocycles. The Hall–Kier alpha value is -4.94. The Balaban J connectivity index is 1.30. The molecule has 8 rings (SSSR count). The van der Waals surface area contributed by atoms with Crippen LogP contribution in [0.15, 0.2) is 140 Å². The van der Waals surface area contributed by atoms with Crippen LogP contribution >= 0.6 is 0 Å². The molecular weight excluding hydrogens is 480 g/mol. The molecule has 0 heterocycles. The average Bonchev–Trinajstić information content (AvgIpc) is 3.03. The standard InChI is InChI=1S/C40H28/c1-3-10-31-24-33(22-18-27(31)8-1)29-16-20-30(21-17-29)39-26-34-12-5-6-13-36(34)40-37(14-7-15-38(39)40)35-23-19-28-9-2-4-11-32(28)25-35/h2-7,9-26H,1,8H2. The molecule has 0 radical (unpaired) electrons.